The Balaban J connectivity index is 2.06. The Bertz CT molecular complexity index is 581. The molecule has 2 atom stereocenters. The molecule has 6 heteroatoms. The largest absolute Gasteiger partial charge is 0.349 e. The Kier molecular flexibility index (Phi) is 4.45. The molecule has 0 aliphatic heterocycles. The molecular weight excluding hydrogens is 276 g/mol. The van der Waals surface area contributed by atoms with Crippen molar-refractivity contribution in [1.29, 1.82) is 0 Å². The first-order valence-corrected chi connectivity index (χ1v) is 8.36. The van der Waals surface area contributed by atoms with Gasteiger partial charge in [-0.25, -0.2) is 13.6 Å². The van der Waals surface area contributed by atoms with E-state index < -0.39 is 10.0 Å². The zero-order valence-electron chi connectivity index (χ0n) is 11.5. The molecule has 3 N–H and O–H groups in total. The maximum absolute atomic E-state index is 12.1. The van der Waals surface area contributed by atoms with E-state index in [9.17, 15) is 13.2 Å². The van der Waals surface area contributed by atoms with Gasteiger partial charge in [-0.2, -0.15) is 0 Å². The molecule has 0 saturated heterocycles. The van der Waals surface area contributed by atoms with Crippen molar-refractivity contribution >= 4 is 15.9 Å². The fourth-order valence-corrected chi connectivity index (χ4v) is 3.09. The Morgan fingerprint density at radius 1 is 1.20 bits per heavy atom. The summed E-state index contributed by atoms with van der Waals surface area (Å²) in [6, 6.07) is 5.89. The van der Waals surface area contributed by atoms with Crippen molar-refractivity contribution in [3.05, 3.63) is 29.8 Å². The highest BCUT2D eigenvalue weighted by atomic mass is 32.2. The van der Waals surface area contributed by atoms with Crippen LogP contribution in [0.2, 0.25) is 0 Å². The Morgan fingerprint density at radius 3 is 2.35 bits per heavy atom. The average Bonchev–Trinajstić information content (AvgIpc) is 2.40. The van der Waals surface area contributed by atoms with E-state index in [1.165, 1.54) is 30.7 Å². The van der Waals surface area contributed by atoms with E-state index in [1.807, 2.05) is 0 Å². The second kappa shape index (κ2) is 5.93. The number of nitrogens with two attached hydrogens (primary N) is 1. The molecule has 110 valence electrons. The van der Waals surface area contributed by atoms with E-state index in [0.717, 1.165) is 19.3 Å². The van der Waals surface area contributed by atoms with Crippen LogP contribution in [0.25, 0.3) is 0 Å². The molecule has 1 amide bonds. The predicted octanol–water partition coefficient (Wildman–Crippen LogP) is 1.64. The summed E-state index contributed by atoms with van der Waals surface area (Å²) in [5.74, 6) is 0.320. The first-order chi connectivity index (χ1) is 9.38. The summed E-state index contributed by atoms with van der Waals surface area (Å²) in [6.07, 6.45) is 4.49. The summed E-state index contributed by atoms with van der Waals surface area (Å²) in [5, 5.41) is 8.05. The van der Waals surface area contributed by atoms with Gasteiger partial charge in [-0.1, -0.05) is 19.8 Å². The van der Waals surface area contributed by atoms with Gasteiger partial charge in [0.2, 0.25) is 10.0 Å². The number of sulfonamides is 1. The van der Waals surface area contributed by atoms with Crippen LogP contribution in [0.1, 0.15) is 43.0 Å². The highest BCUT2D eigenvalue weighted by molar-refractivity contribution is 7.89. The second-order valence-electron chi connectivity index (χ2n) is 5.41. The Labute approximate surface area is 119 Å². The molecular formula is C14H20N2O3S. The summed E-state index contributed by atoms with van der Waals surface area (Å²) < 4.78 is 22.3. The second-order valence-corrected chi connectivity index (χ2v) is 6.97. The van der Waals surface area contributed by atoms with E-state index in [2.05, 4.69) is 12.2 Å². The third-order valence-corrected chi connectivity index (χ3v) is 4.80. The number of benzene rings is 1. The molecule has 1 saturated carbocycles. The third kappa shape index (κ3) is 3.58. The SMILES string of the molecule is C[C@H]1CCCC[C@H]1NC(=O)c1ccc(S(N)(=O)=O)cc1. The number of hydrogen-bond donors (Lipinski definition) is 2. The summed E-state index contributed by atoms with van der Waals surface area (Å²) in [6.45, 7) is 2.15. The van der Waals surface area contributed by atoms with Gasteiger partial charge >= 0.3 is 0 Å². The van der Waals surface area contributed by atoms with Gasteiger partial charge < -0.3 is 5.32 Å². The molecule has 1 fully saturated rings. The fourth-order valence-electron chi connectivity index (χ4n) is 2.58. The number of nitrogens with one attached hydrogen (secondary N) is 1. The average molecular weight is 296 g/mol. The van der Waals surface area contributed by atoms with Gasteiger partial charge in [0.15, 0.2) is 0 Å². The smallest absolute Gasteiger partial charge is 0.251 e. The quantitative estimate of drug-likeness (QED) is 0.888. The summed E-state index contributed by atoms with van der Waals surface area (Å²) in [5.41, 5.74) is 0.454. The highest BCUT2D eigenvalue weighted by Gasteiger charge is 2.23. The van der Waals surface area contributed by atoms with Crippen LogP contribution >= 0.6 is 0 Å². The predicted molar refractivity (Wildman–Crippen MR) is 76.7 cm³/mol. The minimum atomic E-state index is -3.71. The number of carbonyl (C=O) groups excluding carboxylic acids is 1. The Morgan fingerprint density at radius 2 is 1.80 bits per heavy atom. The molecule has 0 spiro atoms. The molecule has 0 radical (unpaired) electrons. The van der Waals surface area contributed by atoms with Crippen LogP contribution < -0.4 is 10.5 Å². The molecule has 0 heterocycles. The van der Waals surface area contributed by atoms with Gasteiger partial charge in [-0.05, 0) is 43.0 Å². The molecule has 0 aromatic heterocycles. The van der Waals surface area contributed by atoms with Crippen LogP contribution in [0.3, 0.4) is 0 Å². The van der Waals surface area contributed by atoms with Gasteiger partial charge in [0.25, 0.3) is 5.91 Å². The fraction of sp³-hybridized carbons (Fsp3) is 0.500. The number of hydrogen-bond acceptors (Lipinski definition) is 3. The van der Waals surface area contributed by atoms with E-state index in [1.54, 1.807) is 0 Å². The normalized spacial score (nSPS) is 23.3. The molecule has 1 aromatic rings. The number of carbonyl (C=O) groups is 1. The van der Waals surface area contributed by atoms with E-state index >= 15 is 0 Å². The summed E-state index contributed by atoms with van der Waals surface area (Å²) >= 11 is 0. The van der Waals surface area contributed by atoms with Crippen LogP contribution in [0.15, 0.2) is 29.2 Å². The molecule has 1 aliphatic carbocycles. The van der Waals surface area contributed by atoms with Gasteiger partial charge in [0.1, 0.15) is 0 Å². The minimum absolute atomic E-state index is 0.0140. The van der Waals surface area contributed by atoms with Crippen molar-refractivity contribution in [3.8, 4) is 0 Å². The lowest BCUT2D eigenvalue weighted by molar-refractivity contribution is 0.0910. The monoisotopic (exact) mass is 296 g/mol. The molecule has 0 unspecified atom stereocenters. The molecule has 20 heavy (non-hydrogen) atoms. The van der Waals surface area contributed by atoms with E-state index in [-0.39, 0.29) is 16.8 Å². The van der Waals surface area contributed by atoms with E-state index in [4.69, 9.17) is 5.14 Å². The van der Waals surface area contributed by atoms with Gasteiger partial charge in [0, 0.05) is 11.6 Å². The zero-order chi connectivity index (χ0) is 14.8. The minimum Gasteiger partial charge on any atom is -0.349 e. The zero-order valence-corrected chi connectivity index (χ0v) is 12.3. The van der Waals surface area contributed by atoms with Gasteiger partial charge in [-0.3, -0.25) is 4.79 Å². The number of rotatable bonds is 3. The molecule has 2 rings (SSSR count). The van der Waals surface area contributed by atoms with Gasteiger partial charge in [-0.15, -0.1) is 0 Å². The molecule has 5 nitrogen and oxygen atoms in total. The first kappa shape index (κ1) is 15.0. The number of primary sulfonamides is 1. The standard InChI is InChI=1S/C14H20N2O3S/c1-10-4-2-3-5-13(10)16-14(17)11-6-8-12(9-7-11)20(15,18)19/h6-10,13H,2-5H2,1H3,(H,16,17)(H2,15,18,19)/t10-,13+/m0/s1. The summed E-state index contributed by atoms with van der Waals surface area (Å²) in [4.78, 5) is 12.1. The Hall–Kier alpha value is -1.40. The van der Waals surface area contributed by atoms with Crippen molar-refractivity contribution in [2.24, 2.45) is 11.1 Å². The summed E-state index contributed by atoms with van der Waals surface area (Å²) in [7, 11) is -3.71. The van der Waals surface area contributed by atoms with E-state index in [0.29, 0.717) is 11.5 Å². The highest BCUT2D eigenvalue weighted by Crippen LogP contribution is 2.24. The number of amides is 1. The lowest BCUT2D eigenvalue weighted by atomic mass is 9.86. The van der Waals surface area contributed by atoms with Crippen molar-refractivity contribution in [3.63, 3.8) is 0 Å². The topological polar surface area (TPSA) is 89.3 Å². The van der Waals surface area contributed by atoms with Gasteiger partial charge in [0.05, 0.1) is 4.90 Å². The molecule has 1 aliphatic rings. The van der Waals surface area contributed by atoms with Crippen LogP contribution in [0.5, 0.6) is 0 Å². The maximum atomic E-state index is 12.1. The lowest BCUT2D eigenvalue weighted by Gasteiger charge is -2.29. The third-order valence-electron chi connectivity index (χ3n) is 3.87. The van der Waals surface area contributed by atoms with Crippen LogP contribution in [0.4, 0.5) is 0 Å². The maximum Gasteiger partial charge on any atom is 0.251 e. The molecule has 1 aromatic carbocycles. The molecule has 0 bridgehead atoms. The van der Waals surface area contributed by atoms with Crippen molar-refractivity contribution in [2.75, 3.05) is 0 Å². The lowest BCUT2D eigenvalue weighted by Crippen LogP contribution is -2.41. The van der Waals surface area contributed by atoms with Crippen molar-refractivity contribution < 1.29 is 13.2 Å². The van der Waals surface area contributed by atoms with Crippen LogP contribution in [-0.2, 0) is 10.0 Å². The van der Waals surface area contributed by atoms with Crippen LogP contribution in [-0.4, -0.2) is 20.4 Å². The van der Waals surface area contributed by atoms with Crippen molar-refractivity contribution in [1.82, 2.24) is 5.32 Å². The van der Waals surface area contributed by atoms with Crippen molar-refractivity contribution in [2.45, 2.75) is 43.5 Å². The van der Waals surface area contributed by atoms with Crippen LogP contribution in [0, 0.1) is 5.92 Å². The first-order valence-electron chi connectivity index (χ1n) is 6.81.